The zero-order chi connectivity index (χ0) is 18.3. The standard InChI is InChI=1S/C19H24F3N3/c1-3-16(4-2)23-10-6-9-17-12-18(25-13-24-17)14-7-5-8-15(11-14)19(20,21)22/h5,7-8,11-13,16,23H,3-4,6,9-10H2,1-2H3. The average Bonchev–Trinajstić information content (AvgIpc) is 2.61. The molecule has 0 aliphatic heterocycles. The van der Waals surface area contributed by atoms with Gasteiger partial charge in [0.15, 0.2) is 0 Å². The molecule has 3 nitrogen and oxygen atoms in total. The first kappa shape index (κ1) is 19.4. The molecule has 0 aliphatic rings. The van der Waals surface area contributed by atoms with Crippen LogP contribution in [0.5, 0.6) is 0 Å². The summed E-state index contributed by atoms with van der Waals surface area (Å²) >= 11 is 0. The maximum Gasteiger partial charge on any atom is 0.416 e. The zero-order valence-corrected chi connectivity index (χ0v) is 14.6. The van der Waals surface area contributed by atoms with E-state index in [0.29, 0.717) is 17.3 Å². The van der Waals surface area contributed by atoms with E-state index in [1.165, 1.54) is 12.4 Å². The Morgan fingerprint density at radius 3 is 2.52 bits per heavy atom. The lowest BCUT2D eigenvalue weighted by molar-refractivity contribution is -0.137. The molecule has 0 unspecified atom stereocenters. The number of aromatic nitrogens is 2. The molecule has 1 aromatic heterocycles. The van der Waals surface area contributed by atoms with E-state index in [4.69, 9.17) is 0 Å². The van der Waals surface area contributed by atoms with E-state index in [0.717, 1.165) is 50.1 Å². The third kappa shape index (κ3) is 5.81. The van der Waals surface area contributed by atoms with Gasteiger partial charge in [-0.05, 0) is 50.4 Å². The SMILES string of the molecule is CCC(CC)NCCCc1cc(-c2cccc(C(F)(F)F)c2)ncn1. The van der Waals surface area contributed by atoms with E-state index in [9.17, 15) is 13.2 Å². The van der Waals surface area contributed by atoms with Crippen molar-refractivity contribution in [3.05, 3.63) is 47.9 Å². The van der Waals surface area contributed by atoms with Crippen LogP contribution in [0, 0.1) is 0 Å². The number of halogens is 3. The first-order valence-corrected chi connectivity index (χ1v) is 8.66. The Kier molecular flexibility index (Phi) is 6.93. The van der Waals surface area contributed by atoms with Gasteiger partial charge in [-0.2, -0.15) is 13.2 Å². The van der Waals surface area contributed by atoms with Gasteiger partial charge in [0.05, 0.1) is 11.3 Å². The van der Waals surface area contributed by atoms with Gasteiger partial charge in [0.25, 0.3) is 0 Å². The van der Waals surface area contributed by atoms with Gasteiger partial charge in [0, 0.05) is 17.3 Å². The van der Waals surface area contributed by atoms with Crippen LogP contribution < -0.4 is 5.32 Å². The Hall–Kier alpha value is -1.95. The molecular weight excluding hydrogens is 327 g/mol. The minimum absolute atomic E-state index is 0.452. The highest BCUT2D eigenvalue weighted by Gasteiger charge is 2.30. The van der Waals surface area contributed by atoms with E-state index >= 15 is 0 Å². The van der Waals surface area contributed by atoms with Crippen molar-refractivity contribution < 1.29 is 13.2 Å². The summed E-state index contributed by atoms with van der Waals surface area (Å²) in [7, 11) is 0. The van der Waals surface area contributed by atoms with E-state index in [1.807, 2.05) is 0 Å². The lowest BCUT2D eigenvalue weighted by Gasteiger charge is -2.14. The number of aryl methyl sites for hydroxylation is 1. The molecule has 0 saturated heterocycles. The number of benzene rings is 1. The van der Waals surface area contributed by atoms with E-state index in [1.54, 1.807) is 12.1 Å². The molecule has 2 rings (SSSR count). The van der Waals surface area contributed by atoms with Crippen molar-refractivity contribution in [2.24, 2.45) is 0 Å². The summed E-state index contributed by atoms with van der Waals surface area (Å²) in [6, 6.07) is 7.53. The lowest BCUT2D eigenvalue weighted by atomic mass is 10.1. The largest absolute Gasteiger partial charge is 0.416 e. The molecule has 0 aliphatic carbocycles. The molecule has 1 aromatic carbocycles. The van der Waals surface area contributed by atoms with Gasteiger partial charge in [-0.15, -0.1) is 0 Å². The highest BCUT2D eigenvalue weighted by molar-refractivity contribution is 5.60. The lowest BCUT2D eigenvalue weighted by Crippen LogP contribution is -2.28. The average molecular weight is 351 g/mol. The number of alkyl halides is 3. The fourth-order valence-electron chi connectivity index (χ4n) is 2.70. The second kappa shape index (κ2) is 8.94. The molecule has 0 bridgehead atoms. The van der Waals surface area contributed by atoms with E-state index in [-0.39, 0.29) is 0 Å². The maximum atomic E-state index is 12.9. The minimum Gasteiger partial charge on any atom is -0.314 e. The number of nitrogens with zero attached hydrogens (tertiary/aromatic N) is 2. The molecule has 0 saturated carbocycles. The third-order valence-corrected chi connectivity index (χ3v) is 4.24. The summed E-state index contributed by atoms with van der Waals surface area (Å²) in [6.07, 6.45) is 0.955. The second-order valence-corrected chi connectivity index (χ2v) is 6.04. The van der Waals surface area contributed by atoms with E-state index in [2.05, 4.69) is 29.1 Å². The van der Waals surface area contributed by atoms with Crippen LogP contribution in [-0.2, 0) is 12.6 Å². The smallest absolute Gasteiger partial charge is 0.314 e. The fraction of sp³-hybridized carbons (Fsp3) is 0.474. The van der Waals surface area contributed by atoms with Crippen molar-refractivity contribution in [1.82, 2.24) is 15.3 Å². The van der Waals surface area contributed by atoms with Gasteiger partial charge >= 0.3 is 6.18 Å². The van der Waals surface area contributed by atoms with Crippen molar-refractivity contribution in [1.29, 1.82) is 0 Å². The first-order chi connectivity index (χ1) is 11.9. The van der Waals surface area contributed by atoms with Gasteiger partial charge in [0.2, 0.25) is 0 Å². The highest BCUT2D eigenvalue weighted by atomic mass is 19.4. The number of hydrogen-bond acceptors (Lipinski definition) is 3. The van der Waals surface area contributed by atoms with Crippen LogP contribution in [0.1, 0.15) is 44.4 Å². The van der Waals surface area contributed by atoms with Crippen molar-refractivity contribution in [2.75, 3.05) is 6.54 Å². The Labute approximate surface area is 146 Å². The topological polar surface area (TPSA) is 37.8 Å². The normalized spacial score (nSPS) is 11.9. The molecule has 1 heterocycles. The number of hydrogen-bond donors (Lipinski definition) is 1. The van der Waals surface area contributed by atoms with Crippen LogP contribution in [0.15, 0.2) is 36.7 Å². The predicted molar refractivity (Wildman–Crippen MR) is 93.2 cm³/mol. The summed E-state index contributed by atoms with van der Waals surface area (Å²) in [5.74, 6) is 0. The van der Waals surface area contributed by atoms with Gasteiger partial charge in [0.1, 0.15) is 6.33 Å². The van der Waals surface area contributed by atoms with Gasteiger partial charge in [-0.25, -0.2) is 9.97 Å². The quantitative estimate of drug-likeness (QED) is 0.689. The molecule has 6 heteroatoms. The minimum atomic E-state index is -4.35. The monoisotopic (exact) mass is 351 g/mol. The molecule has 1 N–H and O–H groups in total. The van der Waals surface area contributed by atoms with Crippen LogP contribution in [-0.4, -0.2) is 22.6 Å². The Balaban J connectivity index is 2.02. The van der Waals surface area contributed by atoms with Crippen LogP contribution in [0.3, 0.4) is 0 Å². The second-order valence-electron chi connectivity index (χ2n) is 6.04. The molecule has 0 fully saturated rings. The van der Waals surface area contributed by atoms with Crippen LogP contribution in [0.25, 0.3) is 11.3 Å². The predicted octanol–water partition coefficient (Wildman–Crippen LogP) is 4.87. The van der Waals surface area contributed by atoms with Crippen molar-refractivity contribution in [2.45, 2.75) is 51.7 Å². The molecule has 0 spiro atoms. The molecule has 0 amide bonds. The summed E-state index contributed by atoms with van der Waals surface area (Å²) in [5, 5.41) is 3.49. The van der Waals surface area contributed by atoms with Gasteiger partial charge in [-0.1, -0.05) is 26.0 Å². The summed E-state index contributed by atoms with van der Waals surface area (Å²) < 4.78 is 38.6. The molecule has 25 heavy (non-hydrogen) atoms. The highest BCUT2D eigenvalue weighted by Crippen LogP contribution is 2.31. The third-order valence-electron chi connectivity index (χ3n) is 4.24. The first-order valence-electron chi connectivity index (χ1n) is 8.66. The Morgan fingerprint density at radius 2 is 1.84 bits per heavy atom. The van der Waals surface area contributed by atoms with Crippen molar-refractivity contribution in [3.8, 4) is 11.3 Å². The van der Waals surface area contributed by atoms with Crippen LogP contribution >= 0.6 is 0 Å². The zero-order valence-electron chi connectivity index (χ0n) is 14.6. The van der Waals surface area contributed by atoms with Crippen LogP contribution in [0.4, 0.5) is 13.2 Å². The molecule has 136 valence electrons. The molecule has 0 atom stereocenters. The molecular formula is C19H24F3N3. The van der Waals surface area contributed by atoms with E-state index < -0.39 is 11.7 Å². The fourth-order valence-corrected chi connectivity index (χ4v) is 2.70. The number of rotatable bonds is 8. The van der Waals surface area contributed by atoms with Crippen LogP contribution in [0.2, 0.25) is 0 Å². The summed E-state index contributed by atoms with van der Waals surface area (Å²) in [6.45, 7) is 5.22. The Morgan fingerprint density at radius 1 is 1.08 bits per heavy atom. The van der Waals surface area contributed by atoms with Gasteiger partial charge < -0.3 is 5.32 Å². The Bertz CT molecular complexity index is 667. The van der Waals surface area contributed by atoms with Crippen molar-refractivity contribution in [3.63, 3.8) is 0 Å². The molecule has 2 aromatic rings. The van der Waals surface area contributed by atoms with Crippen molar-refractivity contribution >= 4 is 0 Å². The summed E-state index contributed by atoms with van der Waals surface area (Å²) in [5.41, 5.74) is 1.14. The number of nitrogens with one attached hydrogen (secondary N) is 1. The summed E-state index contributed by atoms with van der Waals surface area (Å²) in [4.78, 5) is 8.35. The van der Waals surface area contributed by atoms with Gasteiger partial charge in [-0.3, -0.25) is 0 Å². The molecule has 0 radical (unpaired) electrons. The maximum absolute atomic E-state index is 12.9.